The number of nitrogens with one attached hydrogen (secondary N) is 1. The summed E-state index contributed by atoms with van der Waals surface area (Å²) in [6.07, 6.45) is -1.69. The fourth-order valence-corrected chi connectivity index (χ4v) is 1.19. The molecular weight excluding hydrogens is 207 g/mol. The molecule has 3 nitrogen and oxygen atoms in total. The number of anilines is 2. The van der Waals surface area contributed by atoms with Crippen molar-refractivity contribution in [1.29, 1.82) is 0 Å². The lowest BCUT2D eigenvalue weighted by molar-refractivity contribution is -0.137. The first-order valence-electron chi connectivity index (χ1n) is 4.56. The number of halogens is 3. The van der Waals surface area contributed by atoms with E-state index in [2.05, 4.69) is 10.3 Å². The minimum atomic E-state index is -4.37. The van der Waals surface area contributed by atoms with Crippen molar-refractivity contribution >= 4 is 11.5 Å². The van der Waals surface area contributed by atoms with Gasteiger partial charge in [-0.2, -0.15) is 13.2 Å². The van der Waals surface area contributed by atoms with Crippen molar-refractivity contribution in [3.05, 3.63) is 17.8 Å². The summed E-state index contributed by atoms with van der Waals surface area (Å²) in [5, 5.41) is 2.91. The number of nitrogens with zero attached hydrogens (tertiary/aromatic N) is 1. The number of rotatable bonds is 2. The van der Waals surface area contributed by atoms with E-state index >= 15 is 0 Å². The molecule has 0 spiro atoms. The molecular formula is C9H10F3N3. The van der Waals surface area contributed by atoms with Crippen LogP contribution in [0.3, 0.4) is 0 Å². The Kier molecular flexibility index (Phi) is 2.21. The molecule has 82 valence electrons. The average molecular weight is 217 g/mol. The van der Waals surface area contributed by atoms with Crippen LogP contribution in [0.1, 0.15) is 18.4 Å². The van der Waals surface area contributed by atoms with Crippen LogP contribution < -0.4 is 11.1 Å². The Balaban J connectivity index is 2.27. The summed E-state index contributed by atoms with van der Waals surface area (Å²) in [4.78, 5) is 3.52. The minimum Gasteiger partial charge on any atom is -0.382 e. The van der Waals surface area contributed by atoms with Gasteiger partial charge in [-0.05, 0) is 18.9 Å². The van der Waals surface area contributed by atoms with Crippen LogP contribution in [-0.4, -0.2) is 11.0 Å². The third-order valence-corrected chi connectivity index (χ3v) is 2.18. The second-order valence-electron chi connectivity index (χ2n) is 3.57. The van der Waals surface area contributed by atoms with Gasteiger partial charge in [-0.1, -0.05) is 0 Å². The van der Waals surface area contributed by atoms with Crippen molar-refractivity contribution < 1.29 is 13.2 Å². The second kappa shape index (κ2) is 3.29. The van der Waals surface area contributed by atoms with Gasteiger partial charge < -0.3 is 11.1 Å². The van der Waals surface area contributed by atoms with Gasteiger partial charge in [-0.15, -0.1) is 0 Å². The maximum atomic E-state index is 12.3. The second-order valence-corrected chi connectivity index (χ2v) is 3.57. The van der Waals surface area contributed by atoms with Gasteiger partial charge in [-0.3, -0.25) is 0 Å². The fraction of sp³-hybridized carbons (Fsp3) is 0.444. The number of pyridine rings is 1. The molecule has 15 heavy (non-hydrogen) atoms. The third-order valence-electron chi connectivity index (χ3n) is 2.18. The molecule has 1 aliphatic rings. The largest absolute Gasteiger partial charge is 0.417 e. The first-order chi connectivity index (χ1) is 6.97. The number of hydrogen-bond donors (Lipinski definition) is 2. The Morgan fingerprint density at radius 2 is 2.07 bits per heavy atom. The topological polar surface area (TPSA) is 50.9 Å². The lowest BCUT2D eigenvalue weighted by Crippen LogP contribution is -2.10. The average Bonchev–Trinajstić information content (AvgIpc) is 2.90. The summed E-state index contributed by atoms with van der Waals surface area (Å²) in [5.74, 6) is 0.106. The molecule has 1 aromatic heterocycles. The molecule has 1 aromatic rings. The lowest BCUT2D eigenvalue weighted by atomic mass is 10.2. The molecule has 0 atom stereocenters. The molecule has 0 radical (unpaired) electrons. The van der Waals surface area contributed by atoms with Gasteiger partial charge in [0.05, 0.1) is 11.3 Å². The van der Waals surface area contributed by atoms with Gasteiger partial charge in [-0.25, -0.2) is 4.98 Å². The predicted molar refractivity (Wildman–Crippen MR) is 50.3 cm³/mol. The van der Waals surface area contributed by atoms with E-state index in [1.165, 1.54) is 0 Å². The maximum Gasteiger partial charge on any atom is 0.417 e. The van der Waals surface area contributed by atoms with E-state index in [0.29, 0.717) is 0 Å². The van der Waals surface area contributed by atoms with Crippen molar-refractivity contribution in [2.24, 2.45) is 0 Å². The molecule has 0 aromatic carbocycles. The first-order valence-corrected chi connectivity index (χ1v) is 4.56. The van der Waals surface area contributed by atoms with Crippen LogP contribution in [0.25, 0.3) is 0 Å². The molecule has 0 bridgehead atoms. The van der Waals surface area contributed by atoms with Gasteiger partial charge >= 0.3 is 6.18 Å². The van der Waals surface area contributed by atoms with E-state index in [-0.39, 0.29) is 17.5 Å². The monoisotopic (exact) mass is 217 g/mol. The number of nitrogen functional groups attached to an aromatic ring is 1. The summed E-state index contributed by atoms with van der Waals surface area (Å²) in [6.45, 7) is 0. The highest BCUT2D eigenvalue weighted by Crippen LogP contribution is 2.33. The molecule has 2 rings (SSSR count). The Morgan fingerprint density at radius 3 is 2.60 bits per heavy atom. The number of alkyl halides is 3. The van der Waals surface area contributed by atoms with Gasteiger partial charge in [0, 0.05) is 12.2 Å². The molecule has 6 heteroatoms. The van der Waals surface area contributed by atoms with Crippen LogP contribution in [0, 0.1) is 0 Å². The van der Waals surface area contributed by atoms with Gasteiger partial charge in [0.25, 0.3) is 0 Å². The fourth-order valence-electron chi connectivity index (χ4n) is 1.19. The van der Waals surface area contributed by atoms with E-state index < -0.39 is 11.7 Å². The maximum absolute atomic E-state index is 12.3. The third kappa shape index (κ3) is 2.31. The van der Waals surface area contributed by atoms with E-state index in [1.807, 2.05) is 0 Å². The van der Waals surface area contributed by atoms with Crippen LogP contribution in [0.4, 0.5) is 24.7 Å². The van der Waals surface area contributed by atoms with E-state index in [4.69, 9.17) is 5.73 Å². The normalized spacial score (nSPS) is 16.5. The Morgan fingerprint density at radius 1 is 1.40 bits per heavy atom. The molecule has 1 fully saturated rings. The zero-order chi connectivity index (χ0) is 11.1. The highest BCUT2D eigenvalue weighted by Gasteiger charge is 2.32. The van der Waals surface area contributed by atoms with E-state index in [0.717, 1.165) is 25.1 Å². The van der Waals surface area contributed by atoms with Crippen LogP contribution in [0.15, 0.2) is 12.3 Å². The number of nitrogens with two attached hydrogens (primary N) is 1. The molecule has 1 heterocycles. The Hall–Kier alpha value is -1.46. The van der Waals surface area contributed by atoms with E-state index in [1.54, 1.807) is 0 Å². The highest BCUT2D eigenvalue weighted by molar-refractivity contribution is 5.63. The Labute approximate surface area is 84.5 Å². The molecule has 3 N–H and O–H groups in total. The highest BCUT2D eigenvalue weighted by atomic mass is 19.4. The number of aromatic nitrogens is 1. The van der Waals surface area contributed by atoms with Crippen LogP contribution in [0.5, 0.6) is 0 Å². The smallest absolute Gasteiger partial charge is 0.382 e. The summed E-state index contributed by atoms with van der Waals surface area (Å²) in [6, 6.07) is 1.25. The summed E-state index contributed by atoms with van der Waals surface area (Å²) in [7, 11) is 0. The molecule has 0 saturated heterocycles. The standard InChI is InChI=1S/C9H10F3N3/c10-9(11,12)5-3-7(8(13)14-4-5)15-6-1-2-6/h3-4,6,15H,1-2H2,(H2,13,14). The zero-order valence-corrected chi connectivity index (χ0v) is 7.80. The van der Waals surface area contributed by atoms with Crippen molar-refractivity contribution in [2.45, 2.75) is 25.1 Å². The van der Waals surface area contributed by atoms with Gasteiger partial charge in [0.1, 0.15) is 5.82 Å². The summed E-state index contributed by atoms with van der Waals surface area (Å²) < 4.78 is 37.0. The van der Waals surface area contributed by atoms with Crippen LogP contribution in [-0.2, 0) is 6.18 Å². The molecule has 0 amide bonds. The zero-order valence-electron chi connectivity index (χ0n) is 7.80. The van der Waals surface area contributed by atoms with Crippen molar-refractivity contribution in [3.8, 4) is 0 Å². The Bertz CT molecular complexity index is 371. The summed E-state index contributed by atoms with van der Waals surface area (Å²) in [5.41, 5.74) is 4.96. The van der Waals surface area contributed by atoms with Crippen LogP contribution >= 0.6 is 0 Å². The van der Waals surface area contributed by atoms with Gasteiger partial charge in [0.15, 0.2) is 0 Å². The van der Waals surface area contributed by atoms with Crippen molar-refractivity contribution in [1.82, 2.24) is 4.98 Å². The van der Waals surface area contributed by atoms with E-state index in [9.17, 15) is 13.2 Å². The SMILES string of the molecule is Nc1ncc(C(F)(F)F)cc1NC1CC1. The number of hydrogen-bond acceptors (Lipinski definition) is 3. The summed E-state index contributed by atoms with van der Waals surface area (Å²) >= 11 is 0. The molecule has 1 aliphatic carbocycles. The first kappa shape index (κ1) is 10.1. The minimum absolute atomic E-state index is 0.106. The molecule has 0 aliphatic heterocycles. The quantitative estimate of drug-likeness (QED) is 0.798. The molecule has 1 saturated carbocycles. The van der Waals surface area contributed by atoms with Crippen LogP contribution in [0.2, 0.25) is 0 Å². The lowest BCUT2D eigenvalue weighted by Gasteiger charge is -2.11. The molecule has 0 unspecified atom stereocenters. The van der Waals surface area contributed by atoms with Crippen molar-refractivity contribution in [2.75, 3.05) is 11.1 Å². The van der Waals surface area contributed by atoms with Crippen molar-refractivity contribution in [3.63, 3.8) is 0 Å². The van der Waals surface area contributed by atoms with Gasteiger partial charge in [0.2, 0.25) is 0 Å². The predicted octanol–water partition coefficient (Wildman–Crippen LogP) is 2.26.